The molecule has 1 aromatic heterocycles. The van der Waals surface area contributed by atoms with Crippen LogP contribution in [0.5, 0.6) is 0 Å². The lowest BCUT2D eigenvalue weighted by Gasteiger charge is -2.07. The van der Waals surface area contributed by atoms with Gasteiger partial charge in [0.05, 0.1) is 17.4 Å². The Morgan fingerprint density at radius 1 is 1.33 bits per heavy atom. The molecule has 0 saturated carbocycles. The molecule has 1 atom stereocenters. The Balaban J connectivity index is 0.000000531. The monoisotopic (exact) mass is 204 g/mol. The summed E-state index contributed by atoms with van der Waals surface area (Å²) in [5.74, 6) is 0.632. The Morgan fingerprint density at radius 3 is 2.73 bits per heavy atom. The second-order valence-corrected chi connectivity index (χ2v) is 3.49. The van der Waals surface area contributed by atoms with Gasteiger partial charge in [-0.05, 0) is 30.0 Å². The Labute approximate surface area is 91.7 Å². The molecule has 1 heterocycles. The normalized spacial score (nSPS) is 12.0. The van der Waals surface area contributed by atoms with Gasteiger partial charge in [-0.25, -0.2) is 4.98 Å². The average Bonchev–Trinajstić information content (AvgIpc) is 2.77. The smallest absolute Gasteiger partial charge is 0.0931 e. The maximum atomic E-state index is 4.19. The first-order valence-corrected chi connectivity index (χ1v) is 5.74. The van der Waals surface area contributed by atoms with E-state index in [0.29, 0.717) is 5.92 Å². The fourth-order valence-electron chi connectivity index (χ4n) is 1.50. The van der Waals surface area contributed by atoms with Crippen molar-refractivity contribution in [2.45, 2.75) is 40.0 Å². The molecule has 0 amide bonds. The highest BCUT2D eigenvalue weighted by Gasteiger charge is 2.03. The average molecular weight is 204 g/mol. The molecule has 0 bridgehead atoms. The maximum absolute atomic E-state index is 4.19. The van der Waals surface area contributed by atoms with Gasteiger partial charge in [0.15, 0.2) is 0 Å². The van der Waals surface area contributed by atoms with E-state index in [4.69, 9.17) is 0 Å². The standard InChI is InChI=1S/C11H14N2.C2H6/c1-3-8(2)9-4-5-10-11(6-9)13-7-12-10;1-2/h4-8H,3H2,1-2H3,(H,12,13);1-2H3. The van der Waals surface area contributed by atoms with Gasteiger partial charge in [-0.1, -0.05) is 33.8 Å². The lowest BCUT2D eigenvalue weighted by molar-refractivity contribution is 0.734. The Kier molecular flexibility index (Phi) is 4.35. The Morgan fingerprint density at radius 2 is 2.07 bits per heavy atom. The van der Waals surface area contributed by atoms with E-state index in [0.717, 1.165) is 11.0 Å². The van der Waals surface area contributed by atoms with Crippen molar-refractivity contribution >= 4 is 11.0 Å². The quantitative estimate of drug-likeness (QED) is 0.783. The van der Waals surface area contributed by atoms with Crippen LogP contribution in [0.4, 0.5) is 0 Å². The molecule has 1 N–H and O–H groups in total. The fraction of sp³-hybridized carbons (Fsp3) is 0.462. The third kappa shape index (κ3) is 2.58. The van der Waals surface area contributed by atoms with Crippen LogP contribution in [0.3, 0.4) is 0 Å². The molecular weight excluding hydrogens is 184 g/mol. The largest absolute Gasteiger partial charge is 0.345 e. The molecule has 0 spiro atoms. The molecule has 0 saturated heterocycles. The summed E-state index contributed by atoms with van der Waals surface area (Å²) in [5, 5.41) is 0. The number of rotatable bonds is 2. The molecule has 0 aliphatic rings. The highest BCUT2D eigenvalue weighted by atomic mass is 14.9. The molecule has 0 fully saturated rings. The van der Waals surface area contributed by atoms with E-state index >= 15 is 0 Å². The fourth-order valence-corrected chi connectivity index (χ4v) is 1.50. The molecular formula is C13H20N2. The number of nitrogens with one attached hydrogen (secondary N) is 1. The third-order valence-corrected chi connectivity index (χ3v) is 2.63. The van der Waals surface area contributed by atoms with E-state index in [1.807, 2.05) is 13.8 Å². The summed E-state index contributed by atoms with van der Waals surface area (Å²) in [6.45, 7) is 8.46. The molecule has 0 radical (unpaired) electrons. The minimum Gasteiger partial charge on any atom is -0.345 e. The molecule has 82 valence electrons. The Hall–Kier alpha value is -1.31. The lowest BCUT2D eigenvalue weighted by atomic mass is 9.98. The van der Waals surface area contributed by atoms with Gasteiger partial charge in [0.2, 0.25) is 0 Å². The second-order valence-electron chi connectivity index (χ2n) is 3.49. The lowest BCUT2D eigenvalue weighted by Crippen LogP contribution is -1.90. The van der Waals surface area contributed by atoms with E-state index in [-0.39, 0.29) is 0 Å². The molecule has 0 aliphatic heterocycles. The number of imidazole rings is 1. The van der Waals surface area contributed by atoms with Gasteiger partial charge >= 0.3 is 0 Å². The minimum atomic E-state index is 0.632. The van der Waals surface area contributed by atoms with Crippen molar-refractivity contribution in [2.75, 3.05) is 0 Å². The molecule has 2 nitrogen and oxygen atoms in total. The van der Waals surface area contributed by atoms with Crippen LogP contribution in [-0.2, 0) is 0 Å². The number of hydrogen-bond acceptors (Lipinski definition) is 1. The zero-order valence-electron chi connectivity index (χ0n) is 10.0. The van der Waals surface area contributed by atoms with Gasteiger partial charge in [0.1, 0.15) is 0 Å². The number of nitrogens with zero attached hydrogens (tertiary/aromatic N) is 1. The van der Waals surface area contributed by atoms with E-state index in [2.05, 4.69) is 42.0 Å². The molecule has 2 rings (SSSR count). The summed E-state index contributed by atoms with van der Waals surface area (Å²) in [7, 11) is 0. The first-order valence-electron chi connectivity index (χ1n) is 5.74. The summed E-state index contributed by atoms with van der Waals surface area (Å²) >= 11 is 0. The molecule has 15 heavy (non-hydrogen) atoms. The van der Waals surface area contributed by atoms with Crippen LogP contribution >= 0.6 is 0 Å². The van der Waals surface area contributed by atoms with Crippen molar-refractivity contribution in [3.8, 4) is 0 Å². The summed E-state index contributed by atoms with van der Waals surface area (Å²) in [6, 6.07) is 6.43. The van der Waals surface area contributed by atoms with Crippen LogP contribution < -0.4 is 0 Å². The number of aromatic amines is 1. The van der Waals surface area contributed by atoms with Gasteiger partial charge in [-0.15, -0.1) is 0 Å². The van der Waals surface area contributed by atoms with E-state index in [9.17, 15) is 0 Å². The van der Waals surface area contributed by atoms with E-state index < -0.39 is 0 Å². The summed E-state index contributed by atoms with van der Waals surface area (Å²) in [6.07, 6.45) is 2.92. The number of hydrogen-bond donors (Lipinski definition) is 1. The van der Waals surface area contributed by atoms with Crippen molar-refractivity contribution in [3.63, 3.8) is 0 Å². The Bertz CT molecular complexity index is 404. The zero-order valence-corrected chi connectivity index (χ0v) is 10.0. The number of aromatic nitrogens is 2. The van der Waals surface area contributed by atoms with Crippen molar-refractivity contribution in [3.05, 3.63) is 30.1 Å². The zero-order chi connectivity index (χ0) is 11.3. The maximum Gasteiger partial charge on any atom is 0.0931 e. The van der Waals surface area contributed by atoms with Crippen molar-refractivity contribution < 1.29 is 0 Å². The van der Waals surface area contributed by atoms with Crippen LogP contribution in [0, 0.1) is 0 Å². The van der Waals surface area contributed by atoms with Crippen LogP contribution in [0.2, 0.25) is 0 Å². The van der Waals surface area contributed by atoms with Gasteiger partial charge in [0.25, 0.3) is 0 Å². The molecule has 1 unspecified atom stereocenters. The topological polar surface area (TPSA) is 28.7 Å². The third-order valence-electron chi connectivity index (χ3n) is 2.63. The second kappa shape index (κ2) is 5.54. The highest BCUT2D eigenvalue weighted by molar-refractivity contribution is 5.75. The van der Waals surface area contributed by atoms with Gasteiger partial charge < -0.3 is 4.98 Å². The SMILES string of the molecule is CC.CCC(C)c1ccc2nc[nH]c2c1. The van der Waals surface area contributed by atoms with Crippen LogP contribution in [0.25, 0.3) is 11.0 Å². The summed E-state index contributed by atoms with van der Waals surface area (Å²) < 4.78 is 0. The number of H-pyrrole nitrogens is 1. The minimum absolute atomic E-state index is 0.632. The van der Waals surface area contributed by atoms with Gasteiger partial charge in [0, 0.05) is 0 Å². The number of benzene rings is 1. The first-order chi connectivity index (χ1) is 7.31. The predicted molar refractivity (Wildman–Crippen MR) is 66.1 cm³/mol. The van der Waals surface area contributed by atoms with Crippen LogP contribution in [0.15, 0.2) is 24.5 Å². The summed E-state index contributed by atoms with van der Waals surface area (Å²) in [5.41, 5.74) is 3.57. The first kappa shape index (κ1) is 11.8. The number of fused-ring (bicyclic) bond motifs is 1. The van der Waals surface area contributed by atoms with Crippen molar-refractivity contribution in [1.82, 2.24) is 9.97 Å². The van der Waals surface area contributed by atoms with Crippen molar-refractivity contribution in [2.24, 2.45) is 0 Å². The molecule has 1 aromatic carbocycles. The van der Waals surface area contributed by atoms with Gasteiger partial charge in [-0.3, -0.25) is 0 Å². The summed E-state index contributed by atoms with van der Waals surface area (Å²) in [4.78, 5) is 7.32. The predicted octanol–water partition coefficient (Wildman–Crippen LogP) is 4.10. The van der Waals surface area contributed by atoms with E-state index in [1.54, 1.807) is 6.33 Å². The molecule has 2 aromatic rings. The molecule has 0 aliphatic carbocycles. The van der Waals surface area contributed by atoms with Crippen LogP contribution in [0.1, 0.15) is 45.6 Å². The van der Waals surface area contributed by atoms with E-state index in [1.165, 1.54) is 12.0 Å². The van der Waals surface area contributed by atoms with Gasteiger partial charge in [-0.2, -0.15) is 0 Å². The van der Waals surface area contributed by atoms with Crippen molar-refractivity contribution in [1.29, 1.82) is 0 Å². The molecule has 2 heteroatoms. The highest BCUT2D eigenvalue weighted by Crippen LogP contribution is 2.21. The van der Waals surface area contributed by atoms with Crippen LogP contribution in [-0.4, -0.2) is 9.97 Å².